The molecule has 0 unspecified atom stereocenters. The van der Waals surface area contributed by atoms with E-state index in [1.165, 1.54) is 143 Å². The van der Waals surface area contributed by atoms with E-state index in [4.69, 9.17) is 0 Å². The number of aromatic nitrogens is 2. The molecule has 0 radical (unpaired) electrons. The van der Waals surface area contributed by atoms with Gasteiger partial charge in [0.05, 0.1) is 55.8 Å². The summed E-state index contributed by atoms with van der Waals surface area (Å²) in [5.74, 6) is 0. The molecular weight excluding hydrogens is 993 g/mol. The Bertz CT molecular complexity index is 4620. The van der Waals surface area contributed by atoms with Gasteiger partial charge in [-0.05, 0) is 118 Å². The molecule has 0 aliphatic carbocycles. The first-order chi connectivity index (χ1) is 39.9. The van der Waals surface area contributed by atoms with Crippen LogP contribution in [0.1, 0.15) is 77.6 Å². The molecule has 4 heterocycles. The summed E-state index contributed by atoms with van der Waals surface area (Å²) in [5.41, 5.74) is 24.2. The zero-order valence-electron chi connectivity index (χ0n) is 48.1. The zero-order chi connectivity index (χ0) is 55.8. The number of aryl methyl sites for hydroxylation is 2. The van der Waals surface area contributed by atoms with Crippen molar-refractivity contribution in [3.63, 3.8) is 0 Å². The van der Waals surface area contributed by atoms with Crippen LogP contribution in [-0.4, -0.2) is 8.80 Å². The summed E-state index contributed by atoms with van der Waals surface area (Å²) in [6.45, 7) is 18.7. The third kappa shape index (κ3) is 7.43. The lowest BCUT2D eigenvalue weighted by Gasteiger charge is -2.29. The first-order valence-electron chi connectivity index (χ1n) is 29.4. The lowest BCUT2D eigenvalue weighted by atomic mass is 9.85. The number of nitrogens with zero attached hydrogens (tertiary/aromatic N) is 4. The molecule has 0 aliphatic rings. The van der Waals surface area contributed by atoms with Gasteiger partial charge in [-0.3, -0.25) is 0 Å². The first-order valence-corrected chi connectivity index (χ1v) is 29.4. The van der Waals surface area contributed by atoms with Crippen LogP contribution in [0, 0.1) is 0 Å². The van der Waals surface area contributed by atoms with Crippen molar-refractivity contribution < 1.29 is 0 Å². The Morgan fingerprint density at radius 2 is 0.695 bits per heavy atom. The largest absolute Gasteiger partial charge is 0.309 e. The summed E-state index contributed by atoms with van der Waals surface area (Å²) in [6, 6.07) is 86.9. The molecule has 398 valence electrons. The molecule has 82 heavy (non-hydrogen) atoms. The highest BCUT2D eigenvalue weighted by Crippen LogP contribution is 2.54. The highest BCUT2D eigenvalue weighted by Gasteiger charge is 2.32. The number of hydrogen-bond donors (Lipinski definition) is 0. The molecule has 4 nitrogen and oxygen atoms in total. The van der Waals surface area contributed by atoms with E-state index in [9.17, 15) is 0 Å². The Labute approximate surface area is 480 Å². The predicted octanol–water partition coefficient (Wildman–Crippen LogP) is 22.0. The van der Waals surface area contributed by atoms with Gasteiger partial charge in [-0.15, -0.1) is 0 Å². The van der Waals surface area contributed by atoms with Crippen LogP contribution >= 0.6 is 0 Å². The Morgan fingerprint density at radius 3 is 1.06 bits per heavy atom. The van der Waals surface area contributed by atoms with Crippen molar-refractivity contribution >= 4 is 110 Å². The second-order valence-corrected chi connectivity index (χ2v) is 24.7. The summed E-state index contributed by atoms with van der Waals surface area (Å²) in [5, 5.41) is 10.1. The lowest BCUT2D eigenvalue weighted by molar-refractivity contribution is 0.594. The molecule has 0 fully saturated rings. The number of rotatable bonds is 10. The van der Waals surface area contributed by atoms with Gasteiger partial charge in [0.1, 0.15) is 0 Å². The smallest absolute Gasteiger partial charge is 0.0641 e. The summed E-state index contributed by atoms with van der Waals surface area (Å²) in [4.78, 5) is 5.09. The van der Waals surface area contributed by atoms with Gasteiger partial charge >= 0.3 is 0 Å². The van der Waals surface area contributed by atoms with Gasteiger partial charge in [-0.2, -0.15) is 0 Å². The highest BCUT2D eigenvalue weighted by molar-refractivity contribution is 6.33. The van der Waals surface area contributed by atoms with Crippen LogP contribution in [0.15, 0.2) is 231 Å². The summed E-state index contributed by atoms with van der Waals surface area (Å²) in [6.07, 6.45) is 1.87. The molecule has 0 amide bonds. The molecule has 0 atom stereocenters. The molecule has 0 saturated heterocycles. The molecule has 0 spiro atoms. The third-order valence-electron chi connectivity index (χ3n) is 17.7. The fourth-order valence-electron chi connectivity index (χ4n) is 13.9. The van der Waals surface area contributed by atoms with Crippen molar-refractivity contribution in [3.8, 4) is 22.3 Å². The van der Waals surface area contributed by atoms with Crippen molar-refractivity contribution in [2.24, 2.45) is 0 Å². The summed E-state index contributed by atoms with van der Waals surface area (Å²) in [7, 11) is 0. The molecule has 15 aromatic rings. The topological polar surface area (TPSA) is 15.3 Å². The van der Waals surface area contributed by atoms with Crippen molar-refractivity contribution in [1.82, 2.24) is 8.80 Å². The van der Waals surface area contributed by atoms with Gasteiger partial charge in [0.2, 0.25) is 0 Å². The van der Waals surface area contributed by atoms with Crippen LogP contribution < -0.4 is 9.80 Å². The van der Waals surface area contributed by atoms with Gasteiger partial charge in [-0.1, -0.05) is 225 Å². The fourth-order valence-corrected chi connectivity index (χ4v) is 13.9. The number of benzene rings is 11. The van der Waals surface area contributed by atoms with Crippen LogP contribution in [0.4, 0.5) is 34.1 Å². The average Bonchev–Trinajstić information content (AvgIpc) is 1.79. The van der Waals surface area contributed by atoms with E-state index in [-0.39, 0.29) is 10.8 Å². The molecule has 4 heteroatoms. The molecule has 0 saturated carbocycles. The van der Waals surface area contributed by atoms with Crippen molar-refractivity contribution in [3.05, 3.63) is 253 Å². The third-order valence-corrected chi connectivity index (χ3v) is 17.7. The van der Waals surface area contributed by atoms with E-state index >= 15 is 0 Å². The molecular formula is C78H66N4. The molecule has 0 bridgehead atoms. The SMILES string of the molecule is CCc1ccc(-c2ccccc2)c(N(c2ccccc2)c2ccc3c4cc5c(cc4n4c6c(C(C)(C)C)cccc6c2c34)c2ccc(N(c3ccccc3)c3cc(CC)ccc3-c3ccccc3)c3c4cccc(C(C)(C)C)c4n5c23)c1. The summed E-state index contributed by atoms with van der Waals surface area (Å²) >= 11 is 0. The van der Waals surface area contributed by atoms with E-state index in [0.717, 1.165) is 24.2 Å². The van der Waals surface area contributed by atoms with Crippen LogP contribution in [-0.2, 0) is 23.7 Å². The first kappa shape index (κ1) is 49.6. The minimum atomic E-state index is -0.146. The van der Waals surface area contributed by atoms with Crippen LogP contribution in [0.3, 0.4) is 0 Å². The summed E-state index contributed by atoms with van der Waals surface area (Å²) < 4.78 is 5.31. The van der Waals surface area contributed by atoms with Crippen LogP contribution in [0.5, 0.6) is 0 Å². The maximum absolute atomic E-state index is 2.66. The van der Waals surface area contributed by atoms with E-state index in [1.807, 2.05) is 0 Å². The van der Waals surface area contributed by atoms with Gasteiger partial charge in [-0.25, -0.2) is 0 Å². The Kier molecular flexibility index (Phi) is 11.3. The van der Waals surface area contributed by atoms with E-state index in [2.05, 4.69) is 305 Å². The van der Waals surface area contributed by atoms with E-state index < -0.39 is 0 Å². The Hall–Kier alpha value is -9.38. The molecule has 11 aromatic carbocycles. The molecule has 0 aliphatic heterocycles. The van der Waals surface area contributed by atoms with Gasteiger partial charge in [0.25, 0.3) is 0 Å². The average molecular weight is 1060 g/mol. The van der Waals surface area contributed by atoms with Crippen LogP contribution in [0.25, 0.3) is 98.4 Å². The number of anilines is 6. The quantitative estimate of drug-likeness (QED) is 0.136. The zero-order valence-corrected chi connectivity index (χ0v) is 48.1. The predicted molar refractivity (Wildman–Crippen MR) is 352 cm³/mol. The van der Waals surface area contributed by atoms with Gasteiger partial charge < -0.3 is 18.6 Å². The minimum absolute atomic E-state index is 0.146. The molecule has 4 aromatic heterocycles. The van der Waals surface area contributed by atoms with Gasteiger partial charge in [0.15, 0.2) is 0 Å². The van der Waals surface area contributed by atoms with Gasteiger partial charge in [0, 0.05) is 65.6 Å². The maximum Gasteiger partial charge on any atom is 0.0641 e. The maximum atomic E-state index is 2.66. The van der Waals surface area contributed by atoms with Crippen molar-refractivity contribution in [2.45, 2.75) is 79.1 Å². The van der Waals surface area contributed by atoms with E-state index in [0.29, 0.717) is 0 Å². The minimum Gasteiger partial charge on any atom is -0.309 e. The number of para-hydroxylation sites is 4. The number of hydrogen-bond acceptors (Lipinski definition) is 2. The Morgan fingerprint density at radius 1 is 0.317 bits per heavy atom. The normalized spacial score (nSPS) is 12.5. The molecule has 15 rings (SSSR count). The van der Waals surface area contributed by atoms with Crippen LogP contribution in [0.2, 0.25) is 0 Å². The fraction of sp³-hybridized carbons (Fsp3) is 0.154. The van der Waals surface area contributed by atoms with E-state index in [1.54, 1.807) is 0 Å². The number of fused-ring (bicyclic) bond motifs is 12. The Balaban J connectivity index is 1.08. The second kappa shape index (κ2) is 18.6. The standard InChI is InChI=1S/C78H66N4/c1-9-49-37-39-55(51-25-15-11-16-26-51)67(45-49)79(53-29-19-13-20-30-53)65-43-41-57-61-47-70-62(48-69(61)81-73-59(71(65)75(57)81)33-23-35-63(73)77(3,4)5)58-42-44-66(72-60-34-24-36-64(78(6,7)8)74(60)82(70)76(58)72)80(54-31-21-14-22-32-54)68-46-50(10-2)38-40-56(68)52-27-17-12-18-28-52/h11-48H,9-10H2,1-8H3. The van der Waals surface area contributed by atoms with Crippen molar-refractivity contribution in [2.75, 3.05) is 9.80 Å². The van der Waals surface area contributed by atoms with Crippen molar-refractivity contribution in [1.29, 1.82) is 0 Å². The molecule has 0 N–H and O–H groups in total. The highest BCUT2D eigenvalue weighted by atomic mass is 15.2. The lowest BCUT2D eigenvalue weighted by Crippen LogP contribution is -2.12. The monoisotopic (exact) mass is 1060 g/mol. The second-order valence-electron chi connectivity index (χ2n) is 24.7.